The molecule has 0 spiro atoms. The molecule has 1 N–H and O–H groups in total. The van der Waals surface area contributed by atoms with Gasteiger partial charge in [-0.05, 0) is 77.4 Å². The molecule has 190 valence electrons. The fourth-order valence-corrected chi connectivity index (χ4v) is 4.88. The number of carbonyl (C=O) groups excluding carboxylic acids is 3. The lowest BCUT2D eigenvalue weighted by atomic mass is 10.0. The maximum atomic E-state index is 13.4. The van der Waals surface area contributed by atoms with Gasteiger partial charge in [-0.3, -0.25) is 14.9 Å². The summed E-state index contributed by atoms with van der Waals surface area (Å²) in [6.45, 7) is 4.40. The van der Waals surface area contributed by atoms with Crippen LogP contribution in [0.25, 0.3) is 6.08 Å². The van der Waals surface area contributed by atoms with E-state index in [1.165, 1.54) is 6.08 Å². The number of para-hydroxylation sites is 1. The van der Waals surface area contributed by atoms with E-state index in [-0.39, 0.29) is 12.2 Å². The Hall–Kier alpha value is -3.37. The summed E-state index contributed by atoms with van der Waals surface area (Å²) in [5.74, 6) is -0.465. The summed E-state index contributed by atoms with van der Waals surface area (Å²) in [5, 5.41) is 2.88. The summed E-state index contributed by atoms with van der Waals surface area (Å²) in [7, 11) is 0. The minimum Gasteiger partial charge on any atom is -0.490 e. The highest BCUT2D eigenvalue weighted by atomic mass is 127. The molecule has 0 saturated carbocycles. The Morgan fingerprint density at radius 3 is 2.38 bits per heavy atom. The quantitative estimate of drug-likeness (QED) is 0.183. The number of imide groups is 2. The number of amides is 4. The average molecular weight is 631 g/mol. The van der Waals surface area contributed by atoms with Crippen LogP contribution in [0, 0.1) is 3.57 Å². The molecule has 1 aliphatic rings. The van der Waals surface area contributed by atoms with Crippen molar-refractivity contribution in [2.75, 3.05) is 11.5 Å². The predicted molar refractivity (Wildman–Crippen MR) is 151 cm³/mol. The Morgan fingerprint density at radius 1 is 0.973 bits per heavy atom. The van der Waals surface area contributed by atoms with E-state index in [4.69, 9.17) is 21.1 Å². The number of carbonyl (C=O) groups is 3. The van der Waals surface area contributed by atoms with E-state index in [2.05, 4.69) is 27.9 Å². The van der Waals surface area contributed by atoms with Crippen LogP contribution in [0.3, 0.4) is 0 Å². The summed E-state index contributed by atoms with van der Waals surface area (Å²) in [4.78, 5) is 39.7. The predicted octanol–water partition coefficient (Wildman–Crippen LogP) is 6.15. The molecule has 0 aliphatic carbocycles. The fourth-order valence-electron chi connectivity index (χ4n) is 3.91. The van der Waals surface area contributed by atoms with Gasteiger partial charge in [0.15, 0.2) is 11.5 Å². The van der Waals surface area contributed by atoms with Crippen LogP contribution in [0.1, 0.15) is 30.5 Å². The highest BCUT2D eigenvalue weighted by Gasteiger charge is 2.37. The minimum atomic E-state index is -0.777. The average Bonchev–Trinajstić information content (AvgIpc) is 2.87. The van der Waals surface area contributed by atoms with Crippen molar-refractivity contribution in [1.82, 2.24) is 5.32 Å². The molecule has 0 atom stereocenters. The summed E-state index contributed by atoms with van der Waals surface area (Å²) >= 11 is 8.38. The molecule has 0 aromatic heterocycles. The van der Waals surface area contributed by atoms with Crippen LogP contribution in [0.5, 0.6) is 11.5 Å². The third-order valence-electron chi connectivity index (χ3n) is 5.69. The largest absolute Gasteiger partial charge is 0.490 e. The van der Waals surface area contributed by atoms with Crippen molar-refractivity contribution in [1.29, 1.82) is 0 Å². The van der Waals surface area contributed by atoms with Crippen LogP contribution in [0.15, 0.2) is 66.2 Å². The number of anilines is 1. The van der Waals surface area contributed by atoms with Gasteiger partial charge in [-0.1, -0.05) is 54.9 Å². The summed E-state index contributed by atoms with van der Waals surface area (Å²) in [6.07, 6.45) is 2.07. The van der Waals surface area contributed by atoms with Crippen molar-refractivity contribution in [3.63, 3.8) is 0 Å². The second-order valence-corrected chi connectivity index (χ2v) is 9.65. The van der Waals surface area contributed by atoms with Crippen LogP contribution < -0.4 is 19.7 Å². The number of ether oxygens (including phenoxy) is 2. The molecular formula is C28H24ClIN2O5. The Balaban J connectivity index is 1.68. The van der Waals surface area contributed by atoms with Gasteiger partial charge < -0.3 is 9.47 Å². The van der Waals surface area contributed by atoms with Gasteiger partial charge in [0.2, 0.25) is 0 Å². The Morgan fingerprint density at radius 2 is 1.68 bits per heavy atom. The molecule has 1 aliphatic heterocycles. The first-order valence-electron chi connectivity index (χ1n) is 11.7. The molecule has 3 aromatic rings. The lowest BCUT2D eigenvalue weighted by Gasteiger charge is -2.28. The third kappa shape index (κ3) is 5.80. The second kappa shape index (κ2) is 11.8. The van der Waals surface area contributed by atoms with E-state index >= 15 is 0 Å². The minimum absolute atomic E-state index is 0.159. The molecule has 1 heterocycles. The van der Waals surface area contributed by atoms with Crippen molar-refractivity contribution in [2.45, 2.75) is 26.9 Å². The van der Waals surface area contributed by atoms with Gasteiger partial charge >= 0.3 is 6.03 Å². The highest BCUT2D eigenvalue weighted by Crippen LogP contribution is 2.36. The van der Waals surface area contributed by atoms with E-state index in [1.54, 1.807) is 30.3 Å². The Labute approximate surface area is 233 Å². The maximum Gasteiger partial charge on any atom is 0.335 e. The normalized spacial score (nSPS) is 14.6. The molecule has 3 aromatic carbocycles. The van der Waals surface area contributed by atoms with Gasteiger partial charge in [0.25, 0.3) is 11.8 Å². The van der Waals surface area contributed by atoms with Crippen LogP contribution in [-0.2, 0) is 22.6 Å². The zero-order valence-corrected chi connectivity index (χ0v) is 23.1. The van der Waals surface area contributed by atoms with Crippen molar-refractivity contribution < 1.29 is 23.9 Å². The SMILES string of the molecule is CCOc1cc(/C=C2/C(=O)NC(=O)N(c3ccccc3CC)C2=O)cc(I)c1OCc1ccccc1Cl. The number of hydrogen-bond donors (Lipinski definition) is 1. The van der Waals surface area contributed by atoms with Crippen molar-refractivity contribution >= 4 is 63.8 Å². The number of halogens is 2. The van der Waals surface area contributed by atoms with E-state index in [0.29, 0.717) is 40.8 Å². The lowest BCUT2D eigenvalue weighted by Crippen LogP contribution is -2.54. The first-order valence-corrected chi connectivity index (χ1v) is 13.1. The zero-order chi connectivity index (χ0) is 26.5. The van der Waals surface area contributed by atoms with Crippen molar-refractivity contribution in [3.8, 4) is 11.5 Å². The standard InChI is InChI=1S/C28H24ClIN2O5/c1-3-18-9-6-8-12-23(18)32-27(34)20(26(33)31-28(32)35)13-17-14-22(30)25(24(15-17)36-4-2)37-16-19-10-5-7-11-21(19)29/h5-15H,3-4,16H2,1-2H3,(H,31,33,35)/b20-13-. The molecule has 1 saturated heterocycles. The molecule has 0 unspecified atom stereocenters. The van der Waals surface area contributed by atoms with Gasteiger partial charge in [-0.15, -0.1) is 0 Å². The molecule has 0 bridgehead atoms. The molecule has 1 fully saturated rings. The lowest BCUT2D eigenvalue weighted by molar-refractivity contribution is -0.122. The topological polar surface area (TPSA) is 84.9 Å². The zero-order valence-electron chi connectivity index (χ0n) is 20.2. The van der Waals surface area contributed by atoms with E-state index in [0.717, 1.165) is 19.6 Å². The van der Waals surface area contributed by atoms with E-state index < -0.39 is 17.8 Å². The summed E-state index contributed by atoms with van der Waals surface area (Å²) in [6, 6.07) is 17.2. The molecule has 37 heavy (non-hydrogen) atoms. The van der Waals surface area contributed by atoms with Gasteiger partial charge in [0.05, 0.1) is 15.9 Å². The molecule has 9 heteroatoms. The number of aryl methyl sites for hydroxylation is 1. The molecule has 4 rings (SSSR count). The van der Waals surface area contributed by atoms with Crippen molar-refractivity contribution in [3.05, 3.63) is 91.5 Å². The number of nitrogens with zero attached hydrogens (tertiary/aromatic N) is 1. The number of nitrogens with one attached hydrogen (secondary N) is 1. The summed E-state index contributed by atoms with van der Waals surface area (Å²) < 4.78 is 12.6. The highest BCUT2D eigenvalue weighted by molar-refractivity contribution is 14.1. The van der Waals surface area contributed by atoms with Crippen LogP contribution in [0.4, 0.5) is 10.5 Å². The first kappa shape index (κ1) is 26.7. The molecule has 4 amide bonds. The smallest absolute Gasteiger partial charge is 0.335 e. The monoisotopic (exact) mass is 630 g/mol. The van der Waals surface area contributed by atoms with Gasteiger partial charge in [0.1, 0.15) is 12.2 Å². The number of urea groups is 1. The number of barbiturate groups is 1. The Bertz CT molecular complexity index is 1410. The number of benzene rings is 3. The van der Waals surface area contributed by atoms with Crippen LogP contribution >= 0.6 is 34.2 Å². The maximum absolute atomic E-state index is 13.4. The van der Waals surface area contributed by atoms with Gasteiger partial charge in [0, 0.05) is 10.6 Å². The Kier molecular flexibility index (Phi) is 8.50. The molecule has 0 radical (unpaired) electrons. The number of hydrogen-bond acceptors (Lipinski definition) is 5. The van der Waals surface area contributed by atoms with E-state index in [1.807, 2.05) is 44.2 Å². The second-order valence-electron chi connectivity index (χ2n) is 8.08. The van der Waals surface area contributed by atoms with Crippen molar-refractivity contribution in [2.24, 2.45) is 0 Å². The summed E-state index contributed by atoms with van der Waals surface area (Å²) in [5.41, 5.74) is 2.48. The third-order valence-corrected chi connectivity index (χ3v) is 6.86. The van der Waals surface area contributed by atoms with Crippen LogP contribution in [0.2, 0.25) is 5.02 Å². The first-order chi connectivity index (χ1) is 17.8. The van der Waals surface area contributed by atoms with Gasteiger partial charge in [-0.25, -0.2) is 9.69 Å². The molecule has 7 nitrogen and oxygen atoms in total. The van der Waals surface area contributed by atoms with E-state index in [9.17, 15) is 14.4 Å². The van der Waals surface area contributed by atoms with Crippen LogP contribution in [-0.4, -0.2) is 24.5 Å². The number of rotatable bonds is 8. The molecular weight excluding hydrogens is 607 g/mol. The van der Waals surface area contributed by atoms with Gasteiger partial charge in [-0.2, -0.15) is 0 Å². The fraction of sp³-hybridized carbons (Fsp3) is 0.179.